The largest absolute Gasteiger partial charge is 0.356 e. The van der Waals surface area contributed by atoms with Crippen LogP contribution in [-0.4, -0.2) is 43.7 Å². The van der Waals surface area contributed by atoms with Gasteiger partial charge in [0.15, 0.2) is 5.96 Å². The number of hydrogen-bond donors (Lipinski definition) is 2. The highest BCUT2D eigenvalue weighted by Gasteiger charge is 2.20. The Kier molecular flexibility index (Phi) is 10.9. The van der Waals surface area contributed by atoms with Crippen LogP contribution in [0, 0.1) is 12.8 Å². The highest BCUT2D eigenvalue weighted by Crippen LogP contribution is 2.18. The molecule has 5 nitrogen and oxygen atoms in total. The smallest absolute Gasteiger partial charge is 0.191 e. The molecule has 0 bridgehead atoms. The zero-order valence-electron chi connectivity index (χ0n) is 16.8. The summed E-state index contributed by atoms with van der Waals surface area (Å²) in [6.07, 6.45) is 7.97. The number of nitrogens with one attached hydrogen (secondary N) is 2. The molecule has 26 heavy (non-hydrogen) atoms. The Bertz CT molecular complexity index is 522. The molecule has 1 fully saturated rings. The first-order valence-corrected chi connectivity index (χ1v) is 9.73. The normalized spacial score (nSPS) is 15.7. The minimum atomic E-state index is 0. The van der Waals surface area contributed by atoms with Crippen molar-refractivity contribution in [2.24, 2.45) is 10.9 Å². The second-order valence-corrected chi connectivity index (χ2v) is 7.49. The molecular formula is C20H36IN5. The summed E-state index contributed by atoms with van der Waals surface area (Å²) in [5, 5.41) is 7.03. The fourth-order valence-electron chi connectivity index (χ4n) is 3.17. The number of nitrogens with zero attached hydrogens (tertiary/aromatic N) is 3. The molecule has 1 aromatic heterocycles. The van der Waals surface area contributed by atoms with Gasteiger partial charge in [-0.25, -0.2) is 4.98 Å². The lowest BCUT2D eigenvalue weighted by Crippen LogP contribution is -2.49. The van der Waals surface area contributed by atoms with Crippen LogP contribution in [0.5, 0.6) is 0 Å². The molecule has 1 aliphatic heterocycles. The molecule has 6 heteroatoms. The van der Waals surface area contributed by atoms with Gasteiger partial charge in [-0.2, -0.15) is 0 Å². The Hall–Kier alpha value is -1.05. The van der Waals surface area contributed by atoms with E-state index in [0.717, 1.165) is 50.2 Å². The van der Waals surface area contributed by atoms with Gasteiger partial charge >= 0.3 is 0 Å². The van der Waals surface area contributed by atoms with E-state index >= 15 is 0 Å². The molecule has 2 heterocycles. The number of hydrogen-bond acceptors (Lipinski definition) is 3. The number of unbranched alkanes of at least 4 members (excludes halogenated alkanes) is 1. The molecule has 0 atom stereocenters. The van der Waals surface area contributed by atoms with E-state index < -0.39 is 0 Å². The third-order valence-electron chi connectivity index (χ3n) is 4.78. The van der Waals surface area contributed by atoms with Crippen LogP contribution in [0.2, 0.25) is 0 Å². The van der Waals surface area contributed by atoms with E-state index in [0.29, 0.717) is 6.04 Å². The second kappa shape index (κ2) is 12.4. The van der Waals surface area contributed by atoms with Crippen LogP contribution in [0.3, 0.4) is 0 Å². The molecule has 0 amide bonds. The highest BCUT2D eigenvalue weighted by molar-refractivity contribution is 14.0. The Morgan fingerprint density at radius 1 is 1.27 bits per heavy atom. The molecule has 2 rings (SSSR count). The number of aryl methyl sites for hydroxylation is 1. The third-order valence-corrected chi connectivity index (χ3v) is 4.78. The van der Waals surface area contributed by atoms with Gasteiger partial charge in [0.2, 0.25) is 0 Å². The molecule has 0 spiro atoms. The summed E-state index contributed by atoms with van der Waals surface area (Å²) in [6.45, 7) is 9.73. The number of piperidine rings is 1. The number of rotatable bonds is 7. The summed E-state index contributed by atoms with van der Waals surface area (Å²) < 4.78 is 0. The van der Waals surface area contributed by atoms with Crippen LogP contribution in [0.25, 0.3) is 0 Å². The third kappa shape index (κ3) is 8.10. The van der Waals surface area contributed by atoms with Crippen LogP contribution < -0.4 is 15.5 Å². The summed E-state index contributed by atoms with van der Waals surface area (Å²) in [5.74, 6) is 2.83. The van der Waals surface area contributed by atoms with Crippen molar-refractivity contribution in [1.82, 2.24) is 15.6 Å². The molecule has 1 saturated heterocycles. The average Bonchev–Trinajstić information content (AvgIpc) is 2.61. The van der Waals surface area contributed by atoms with Gasteiger partial charge in [-0.1, -0.05) is 32.8 Å². The Morgan fingerprint density at radius 2 is 2.00 bits per heavy atom. The second-order valence-electron chi connectivity index (χ2n) is 7.49. The van der Waals surface area contributed by atoms with Gasteiger partial charge in [-0.3, -0.25) is 4.99 Å². The number of anilines is 1. The van der Waals surface area contributed by atoms with Crippen LogP contribution in [0.15, 0.2) is 23.3 Å². The van der Waals surface area contributed by atoms with E-state index in [1.54, 1.807) is 0 Å². The molecule has 0 aliphatic carbocycles. The molecule has 1 aliphatic rings. The van der Waals surface area contributed by atoms with Gasteiger partial charge < -0.3 is 15.5 Å². The van der Waals surface area contributed by atoms with Crippen molar-refractivity contribution in [2.75, 3.05) is 31.6 Å². The van der Waals surface area contributed by atoms with Gasteiger partial charge in [-0.05, 0) is 43.7 Å². The van der Waals surface area contributed by atoms with Crippen molar-refractivity contribution in [3.63, 3.8) is 0 Å². The van der Waals surface area contributed by atoms with Crippen LogP contribution in [0.1, 0.15) is 51.5 Å². The van der Waals surface area contributed by atoms with Crippen molar-refractivity contribution < 1.29 is 0 Å². The van der Waals surface area contributed by atoms with Gasteiger partial charge in [0.05, 0.1) is 0 Å². The molecular weight excluding hydrogens is 437 g/mol. The van der Waals surface area contributed by atoms with Crippen LogP contribution in [0.4, 0.5) is 5.82 Å². The molecule has 1 aromatic rings. The fraction of sp³-hybridized carbons (Fsp3) is 0.700. The van der Waals surface area contributed by atoms with Gasteiger partial charge in [0, 0.05) is 38.9 Å². The van der Waals surface area contributed by atoms with Crippen molar-refractivity contribution in [2.45, 2.75) is 58.9 Å². The lowest BCUT2D eigenvalue weighted by molar-refractivity contribution is 0.458. The molecule has 148 valence electrons. The summed E-state index contributed by atoms with van der Waals surface area (Å²) in [4.78, 5) is 11.3. The summed E-state index contributed by atoms with van der Waals surface area (Å²) in [6, 6.07) is 4.75. The maximum absolute atomic E-state index is 4.54. The maximum atomic E-state index is 4.54. The minimum absolute atomic E-state index is 0. The zero-order valence-corrected chi connectivity index (χ0v) is 19.1. The molecule has 0 radical (unpaired) electrons. The average molecular weight is 473 g/mol. The summed E-state index contributed by atoms with van der Waals surface area (Å²) >= 11 is 0. The molecule has 2 N–H and O–H groups in total. The maximum Gasteiger partial charge on any atom is 0.191 e. The molecule has 0 unspecified atom stereocenters. The standard InChI is InChI=1S/C20H35N5.HI/c1-16(2)7-5-6-12-22-20(21-4)24-18-10-13-25(14-11-18)19-9-8-17(3)15-23-19;/h8-9,15-16,18H,5-7,10-14H2,1-4H3,(H2,21,22,24);1H. The number of pyridine rings is 1. The van der Waals surface area contributed by atoms with Crippen molar-refractivity contribution >= 4 is 35.8 Å². The van der Waals surface area contributed by atoms with Crippen LogP contribution >= 0.6 is 24.0 Å². The van der Waals surface area contributed by atoms with Crippen molar-refractivity contribution in [3.8, 4) is 0 Å². The minimum Gasteiger partial charge on any atom is -0.356 e. The van der Waals surface area contributed by atoms with Gasteiger partial charge in [0.1, 0.15) is 5.82 Å². The predicted molar refractivity (Wildman–Crippen MR) is 123 cm³/mol. The topological polar surface area (TPSA) is 52.6 Å². The number of aliphatic imine (C=N–C) groups is 1. The lowest BCUT2D eigenvalue weighted by Gasteiger charge is -2.33. The van der Waals surface area contributed by atoms with E-state index in [-0.39, 0.29) is 24.0 Å². The first-order valence-electron chi connectivity index (χ1n) is 9.73. The molecule has 0 aromatic carbocycles. The number of guanidine groups is 1. The van der Waals surface area contributed by atoms with Crippen LogP contribution in [-0.2, 0) is 0 Å². The first kappa shape index (κ1) is 23.0. The zero-order chi connectivity index (χ0) is 18.1. The van der Waals surface area contributed by atoms with E-state index in [1.165, 1.54) is 24.8 Å². The van der Waals surface area contributed by atoms with Crippen molar-refractivity contribution in [1.29, 1.82) is 0 Å². The predicted octanol–water partition coefficient (Wildman–Crippen LogP) is 3.97. The monoisotopic (exact) mass is 473 g/mol. The SMILES string of the molecule is CN=C(NCCCCC(C)C)NC1CCN(c2ccc(C)cn2)CC1.I. The Labute approximate surface area is 176 Å². The van der Waals surface area contributed by atoms with E-state index in [1.807, 2.05) is 13.2 Å². The number of aromatic nitrogens is 1. The van der Waals surface area contributed by atoms with Gasteiger partial charge in [-0.15, -0.1) is 24.0 Å². The Balaban J connectivity index is 0.00000338. The first-order chi connectivity index (χ1) is 12.1. The van der Waals surface area contributed by atoms with E-state index in [9.17, 15) is 0 Å². The van der Waals surface area contributed by atoms with E-state index in [2.05, 4.69) is 58.4 Å². The van der Waals surface area contributed by atoms with Gasteiger partial charge in [0.25, 0.3) is 0 Å². The number of halogens is 1. The highest BCUT2D eigenvalue weighted by atomic mass is 127. The quantitative estimate of drug-likeness (QED) is 0.273. The Morgan fingerprint density at radius 3 is 2.58 bits per heavy atom. The summed E-state index contributed by atoms with van der Waals surface area (Å²) in [7, 11) is 1.86. The van der Waals surface area contributed by atoms with Crippen molar-refractivity contribution in [3.05, 3.63) is 23.9 Å². The lowest BCUT2D eigenvalue weighted by atomic mass is 10.1. The summed E-state index contributed by atoms with van der Waals surface area (Å²) in [5.41, 5.74) is 1.21. The molecule has 0 saturated carbocycles. The fourth-order valence-corrected chi connectivity index (χ4v) is 3.17. The van der Waals surface area contributed by atoms with E-state index in [4.69, 9.17) is 0 Å².